The molecule has 0 aliphatic carbocycles. The molecular formula is C21H31N5O2S. The third-order valence-corrected chi connectivity index (χ3v) is 4.81. The van der Waals surface area contributed by atoms with Gasteiger partial charge in [-0.3, -0.25) is 9.98 Å². The highest BCUT2D eigenvalue weighted by molar-refractivity contribution is 7.09. The zero-order valence-corrected chi connectivity index (χ0v) is 18.2. The summed E-state index contributed by atoms with van der Waals surface area (Å²) in [6.07, 6.45) is 4.74. The van der Waals surface area contributed by atoms with Gasteiger partial charge in [0.25, 0.3) is 0 Å². The number of thiophene rings is 1. The number of guanidine groups is 1. The number of aromatic nitrogens is 1. The van der Waals surface area contributed by atoms with E-state index in [1.54, 1.807) is 28.6 Å². The summed E-state index contributed by atoms with van der Waals surface area (Å²) in [7, 11) is 0. The lowest BCUT2D eigenvalue weighted by molar-refractivity contribution is 0.0232. The Kier molecular flexibility index (Phi) is 8.92. The van der Waals surface area contributed by atoms with E-state index in [0.717, 1.165) is 18.5 Å². The third kappa shape index (κ3) is 9.43. The highest BCUT2D eigenvalue weighted by Gasteiger charge is 2.22. The Balaban J connectivity index is 1.80. The van der Waals surface area contributed by atoms with Gasteiger partial charge < -0.3 is 20.7 Å². The van der Waals surface area contributed by atoms with Crippen molar-refractivity contribution in [2.75, 3.05) is 19.6 Å². The van der Waals surface area contributed by atoms with Crippen LogP contribution in [0.15, 0.2) is 47.0 Å². The second-order valence-electron chi connectivity index (χ2n) is 7.64. The molecule has 0 radical (unpaired) electrons. The highest BCUT2D eigenvalue weighted by atomic mass is 32.1. The summed E-state index contributed by atoms with van der Waals surface area (Å²) in [6, 6.07) is 7.94. The number of nitrogens with zero attached hydrogens (tertiary/aromatic N) is 3. The average molecular weight is 418 g/mol. The Hall–Kier alpha value is -2.61. The average Bonchev–Trinajstić information content (AvgIpc) is 3.17. The lowest BCUT2D eigenvalue weighted by Gasteiger charge is -2.27. The molecule has 0 atom stereocenters. The van der Waals surface area contributed by atoms with Gasteiger partial charge in [0.15, 0.2) is 5.96 Å². The molecule has 29 heavy (non-hydrogen) atoms. The molecule has 3 N–H and O–H groups in total. The van der Waals surface area contributed by atoms with Gasteiger partial charge in [0.1, 0.15) is 5.60 Å². The summed E-state index contributed by atoms with van der Waals surface area (Å²) >= 11 is 1.73. The Bertz CT molecular complexity index is 757. The zero-order valence-electron chi connectivity index (χ0n) is 17.4. The van der Waals surface area contributed by atoms with Crippen LogP contribution in [-0.4, -0.2) is 47.2 Å². The molecule has 2 rings (SSSR count). The number of hydrogen-bond donors (Lipinski definition) is 2. The Labute approximate surface area is 177 Å². The number of ether oxygens (including phenoxy) is 1. The van der Waals surface area contributed by atoms with Crippen LogP contribution in [0.5, 0.6) is 0 Å². The summed E-state index contributed by atoms with van der Waals surface area (Å²) in [5.41, 5.74) is 6.34. The SMILES string of the molecule is CC(C)(C)OC(=O)N(CCCN=C(N)NCCc1cccs1)Cc1cccnc1. The number of nitrogens with two attached hydrogens (primary N) is 1. The molecule has 0 spiro atoms. The predicted octanol–water partition coefficient (Wildman–Crippen LogP) is 3.42. The van der Waals surface area contributed by atoms with Gasteiger partial charge >= 0.3 is 6.09 Å². The van der Waals surface area contributed by atoms with E-state index in [2.05, 4.69) is 26.7 Å². The van der Waals surface area contributed by atoms with Crippen LogP contribution in [0.3, 0.4) is 0 Å². The molecule has 0 aliphatic heterocycles. The molecule has 158 valence electrons. The smallest absolute Gasteiger partial charge is 0.410 e. The maximum atomic E-state index is 12.6. The van der Waals surface area contributed by atoms with E-state index in [0.29, 0.717) is 32.0 Å². The molecule has 7 nitrogen and oxygen atoms in total. The van der Waals surface area contributed by atoms with E-state index in [-0.39, 0.29) is 6.09 Å². The molecule has 1 amide bonds. The van der Waals surface area contributed by atoms with Crippen molar-refractivity contribution < 1.29 is 9.53 Å². The van der Waals surface area contributed by atoms with E-state index < -0.39 is 5.60 Å². The fraction of sp³-hybridized carbons (Fsp3) is 0.476. The van der Waals surface area contributed by atoms with Gasteiger partial charge in [-0.2, -0.15) is 0 Å². The normalized spacial score (nSPS) is 11.9. The summed E-state index contributed by atoms with van der Waals surface area (Å²) in [5, 5.41) is 5.19. The van der Waals surface area contributed by atoms with Gasteiger partial charge in [-0.05, 0) is 56.7 Å². The van der Waals surface area contributed by atoms with Crippen LogP contribution in [-0.2, 0) is 17.7 Å². The molecule has 0 saturated heterocycles. The number of aliphatic imine (C=N–C) groups is 1. The first kappa shape index (κ1) is 22.7. The van der Waals surface area contributed by atoms with E-state index in [1.165, 1.54) is 4.88 Å². The monoisotopic (exact) mass is 417 g/mol. The largest absolute Gasteiger partial charge is 0.444 e. The maximum Gasteiger partial charge on any atom is 0.410 e. The first-order valence-electron chi connectivity index (χ1n) is 9.76. The zero-order chi connectivity index (χ0) is 21.1. The fourth-order valence-corrected chi connectivity index (χ4v) is 3.27. The van der Waals surface area contributed by atoms with E-state index in [1.807, 2.05) is 39.0 Å². The minimum absolute atomic E-state index is 0.340. The van der Waals surface area contributed by atoms with E-state index in [4.69, 9.17) is 10.5 Å². The Morgan fingerprint density at radius 2 is 2.17 bits per heavy atom. The molecule has 0 unspecified atom stereocenters. The lowest BCUT2D eigenvalue weighted by atomic mass is 10.2. The highest BCUT2D eigenvalue weighted by Crippen LogP contribution is 2.13. The molecule has 0 saturated carbocycles. The van der Waals surface area contributed by atoms with Crippen molar-refractivity contribution in [3.8, 4) is 0 Å². The molecule has 0 bridgehead atoms. The Morgan fingerprint density at radius 3 is 2.83 bits per heavy atom. The molecule has 0 fully saturated rings. The summed E-state index contributed by atoms with van der Waals surface area (Å²) in [4.78, 5) is 24.0. The van der Waals surface area contributed by atoms with Gasteiger partial charge in [-0.15, -0.1) is 11.3 Å². The summed E-state index contributed by atoms with van der Waals surface area (Å²) in [5.74, 6) is 0.428. The lowest BCUT2D eigenvalue weighted by Crippen LogP contribution is -2.37. The second kappa shape index (κ2) is 11.4. The molecular weight excluding hydrogens is 386 g/mol. The van der Waals surface area contributed by atoms with Crippen LogP contribution in [0.1, 0.15) is 37.6 Å². The van der Waals surface area contributed by atoms with Crippen LogP contribution < -0.4 is 11.1 Å². The molecule has 2 aromatic heterocycles. The number of amides is 1. The summed E-state index contributed by atoms with van der Waals surface area (Å²) < 4.78 is 5.53. The number of carbonyl (C=O) groups is 1. The van der Waals surface area contributed by atoms with Gasteiger partial charge in [0.2, 0.25) is 0 Å². The standard InChI is InChI=1S/C21H31N5O2S/c1-21(2,3)28-20(27)26(16-17-7-4-10-23-15-17)13-6-11-24-19(22)25-12-9-18-8-5-14-29-18/h4-5,7-8,10,14-15H,6,9,11-13,16H2,1-3H3,(H3,22,24,25). The van der Waals surface area contributed by atoms with E-state index >= 15 is 0 Å². The first-order valence-corrected chi connectivity index (χ1v) is 10.6. The number of rotatable bonds is 9. The number of nitrogens with one attached hydrogen (secondary N) is 1. The first-order chi connectivity index (χ1) is 13.8. The predicted molar refractivity (Wildman–Crippen MR) is 118 cm³/mol. The van der Waals surface area contributed by atoms with Crippen molar-refractivity contribution in [1.29, 1.82) is 0 Å². The van der Waals surface area contributed by atoms with Crippen LogP contribution in [0.25, 0.3) is 0 Å². The van der Waals surface area contributed by atoms with Crippen molar-refractivity contribution in [2.45, 2.75) is 45.8 Å². The van der Waals surface area contributed by atoms with Crippen molar-refractivity contribution in [1.82, 2.24) is 15.2 Å². The summed E-state index contributed by atoms with van der Waals surface area (Å²) in [6.45, 7) is 7.84. The number of carbonyl (C=O) groups excluding carboxylic acids is 1. The second-order valence-corrected chi connectivity index (χ2v) is 8.67. The van der Waals surface area contributed by atoms with Gasteiger partial charge in [-0.25, -0.2) is 4.79 Å². The Morgan fingerprint density at radius 1 is 1.34 bits per heavy atom. The molecule has 2 aromatic rings. The number of hydrogen-bond acceptors (Lipinski definition) is 5. The minimum atomic E-state index is -0.542. The van der Waals surface area contributed by atoms with Crippen LogP contribution in [0.2, 0.25) is 0 Å². The van der Waals surface area contributed by atoms with Crippen molar-refractivity contribution in [3.63, 3.8) is 0 Å². The molecule has 0 aliphatic rings. The molecule has 2 heterocycles. The van der Waals surface area contributed by atoms with Crippen LogP contribution in [0, 0.1) is 0 Å². The minimum Gasteiger partial charge on any atom is -0.444 e. The number of pyridine rings is 1. The molecule has 8 heteroatoms. The fourth-order valence-electron chi connectivity index (χ4n) is 2.56. The quantitative estimate of drug-likeness (QED) is 0.370. The van der Waals surface area contributed by atoms with Crippen LogP contribution >= 0.6 is 11.3 Å². The van der Waals surface area contributed by atoms with Crippen LogP contribution in [0.4, 0.5) is 4.79 Å². The topological polar surface area (TPSA) is 92.8 Å². The van der Waals surface area contributed by atoms with Gasteiger partial charge in [0, 0.05) is 36.9 Å². The van der Waals surface area contributed by atoms with Crippen molar-refractivity contribution >= 4 is 23.4 Å². The van der Waals surface area contributed by atoms with E-state index in [9.17, 15) is 4.79 Å². The van der Waals surface area contributed by atoms with Gasteiger partial charge in [0.05, 0.1) is 6.54 Å². The third-order valence-electron chi connectivity index (χ3n) is 3.87. The molecule has 0 aromatic carbocycles. The van der Waals surface area contributed by atoms with Crippen molar-refractivity contribution in [2.24, 2.45) is 10.7 Å². The van der Waals surface area contributed by atoms with Crippen molar-refractivity contribution in [3.05, 3.63) is 52.5 Å². The van der Waals surface area contributed by atoms with Gasteiger partial charge in [-0.1, -0.05) is 12.1 Å². The maximum absolute atomic E-state index is 12.6.